The van der Waals surface area contributed by atoms with Crippen molar-refractivity contribution < 1.29 is 9.90 Å². The molecule has 0 aliphatic rings. The summed E-state index contributed by atoms with van der Waals surface area (Å²) in [6, 6.07) is -0.820. The van der Waals surface area contributed by atoms with E-state index >= 15 is 0 Å². The third-order valence-electron chi connectivity index (χ3n) is 1.66. The molecule has 0 spiro atoms. The summed E-state index contributed by atoms with van der Waals surface area (Å²) < 4.78 is 0. The van der Waals surface area contributed by atoms with Crippen molar-refractivity contribution in [2.24, 2.45) is 5.73 Å². The van der Waals surface area contributed by atoms with Gasteiger partial charge in [-0.2, -0.15) is 0 Å². The molecule has 0 heterocycles. The molecule has 2 atom stereocenters. The number of rotatable bonds is 7. The van der Waals surface area contributed by atoms with Crippen LogP contribution in [0.3, 0.4) is 0 Å². The average molecular weight is 187 g/mol. The standard InChI is InChI=1S/C8H17N3O2/c1-3-11-6(5-10-2)4-7(9)8(12)13/h3,6-7,10-11H,1,4-5,9H2,2H3,(H,12,13)/t6?,7-/m0/s1. The van der Waals surface area contributed by atoms with Crippen LogP contribution < -0.4 is 16.4 Å². The Bertz CT molecular complexity index is 173. The summed E-state index contributed by atoms with van der Waals surface area (Å²) in [4.78, 5) is 10.4. The molecule has 0 aliphatic carbocycles. The summed E-state index contributed by atoms with van der Waals surface area (Å²) in [5.41, 5.74) is 5.38. The van der Waals surface area contributed by atoms with Crippen molar-refractivity contribution in [1.29, 1.82) is 0 Å². The first-order chi connectivity index (χ1) is 6.11. The molecule has 0 rings (SSSR count). The lowest BCUT2D eigenvalue weighted by atomic mass is 10.1. The lowest BCUT2D eigenvalue weighted by Gasteiger charge is -2.18. The fraction of sp³-hybridized carbons (Fsp3) is 0.625. The second kappa shape index (κ2) is 6.45. The molecule has 5 heteroatoms. The summed E-state index contributed by atoms with van der Waals surface area (Å²) in [6.07, 6.45) is 1.92. The van der Waals surface area contributed by atoms with Gasteiger partial charge in [-0.05, 0) is 19.7 Å². The first kappa shape index (κ1) is 11.9. The Morgan fingerprint density at radius 2 is 2.38 bits per heavy atom. The highest BCUT2D eigenvalue weighted by Crippen LogP contribution is 1.95. The molecule has 0 aromatic rings. The zero-order chi connectivity index (χ0) is 10.3. The zero-order valence-electron chi connectivity index (χ0n) is 7.79. The van der Waals surface area contributed by atoms with Gasteiger partial charge in [0.05, 0.1) is 0 Å². The number of nitrogens with one attached hydrogen (secondary N) is 2. The van der Waals surface area contributed by atoms with Crippen molar-refractivity contribution in [2.45, 2.75) is 18.5 Å². The van der Waals surface area contributed by atoms with Crippen LogP contribution in [0.2, 0.25) is 0 Å². The van der Waals surface area contributed by atoms with Gasteiger partial charge in [0.1, 0.15) is 6.04 Å². The zero-order valence-corrected chi connectivity index (χ0v) is 7.79. The van der Waals surface area contributed by atoms with E-state index in [-0.39, 0.29) is 6.04 Å². The van der Waals surface area contributed by atoms with E-state index in [9.17, 15) is 4.79 Å². The maximum absolute atomic E-state index is 10.4. The number of carboxylic acids is 1. The highest BCUT2D eigenvalue weighted by Gasteiger charge is 2.16. The summed E-state index contributed by atoms with van der Waals surface area (Å²) in [5, 5.41) is 14.4. The lowest BCUT2D eigenvalue weighted by molar-refractivity contribution is -0.138. The van der Waals surface area contributed by atoms with Crippen molar-refractivity contribution in [3.63, 3.8) is 0 Å². The van der Waals surface area contributed by atoms with Crippen LogP contribution in [-0.4, -0.2) is 36.8 Å². The fourth-order valence-electron chi connectivity index (χ4n) is 1.03. The molecule has 5 nitrogen and oxygen atoms in total. The summed E-state index contributed by atoms with van der Waals surface area (Å²) in [7, 11) is 1.80. The normalized spacial score (nSPS) is 14.6. The second-order valence-corrected chi connectivity index (χ2v) is 2.81. The van der Waals surface area contributed by atoms with Gasteiger partial charge in [0, 0.05) is 12.6 Å². The van der Waals surface area contributed by atoms with E-state index in [1.807, 2.05) is 0 Å². The van der Waals surface area contributed by atoms with Gasteiger partial charge in [-0.15, -0.1) is 0 Å². The van der Waals surface area contributed by atoms with Gasteiger partial charge in [-0.25, -0.2) is 0 Å². The van der Waals surface area contributed by atoms with Crippen LogP contribution in [0.1, 0.15) is 6.42 Å². The van der Waals surface area contributed by atoms with Crippen LogP contribution in [-0.2, 0) is 4.79 Å². The van der Waals surface area contributed by atoms with Crippen LogP contribution >= 0.6 is 0 Å². The highest BCUT2D eigenvalue weighted by atomic mass is 16.4. The van der Waals surface area contributed by atoms with Crippen molar-refractivity contribution in [2.75, 3.05) is 13.6 Å². The Morgan fingerprint density at radius 3 is 2.77 bits per heavy atom. The Kier molecular flexibility index (Phi) is 5.92. The first-order valence-corrected chi connectivity index (χ1v) is 4.11. The molecule has 0 amide bonds. The van der Waals surface area contributed by atoms with Crippen LogP contribution in [0.25, 0.3) is 0 Å². The molecule has 1 unspecified atom stereocenters. The van der Waals surface area contributed by atoms with Crippen molar-refractivity contribution >= 4 is 5.97 Å². The van der Waals surface area contributed by atoms with Crippen LogP contribution in [0, 0.1) is 0 Å². The third kappa shape index (κ3) is 5.21. The minimum atomic E-state index is -0.980. The molecule has 13 heavy (non-hydrogen) atoms. The van der Waals surface area contributed by atoms with E-state index in [0.717, 1.165) is 0 Å². The SMILES string of the molecule is C=CNC(CNC)C[C@H](N)C(=O)O. The Hall–Kier alpha value is -1.07. The molecular formula is C8H17N3O2. The number of hydrogen-bond acceptors (Lipinski definition) is 4. The van der Waals surface area contributed by atoms with Crippen molar-refractivity contribution in [1.82, 2.24) is 10.6 Å². The maximum atomic E-state index is 10.4. The predicted molar refractivity (Wildman–Crippen MR) is 51.3 cm³/mol. The molecule has 0 bridgehead atoms. The number of likely N-dealkylation sites (N-methyl/N-ethyl adjacent to an activating group) is 1. The van der Waals surface area contributed by atoms with E-state index in [4.69, 9.17) is 10.8 Å². The summed E-state index contributed by atoms with van der Waals surface area (Å²) in [6.45, 7) is 4.17. The quantitative estimate of drug-likeness (QED) is 0.415. The molecular weight excluding hydrogens is 170 g/mol. The molecule has 0 saturated carbocycles. The number of carbonyl (C=O) groups is 1. The number of nitrogens with two attached hydrogens (primary N) is 1. The van der Waals surface area contributed by atoms with Gasteiger partial charge in [0.25, 0.3) is 0 Å². The monoisotopic (exact) mass is 187 g/mol. The molecule has 76 valence electrons. The van der Waals surface area contributed by atoms with Gasteiger partial charge in [0.15, 0.2) is 0 Å². The van der Waals surface area contributed by atoms with E-state index in [1.165, 1.54) is 6.20 Å². The van der Waals surface area contributed by atoms with Crippen LogP contribution in [0.15, 0.2) is 12.8 Å². The largest absolute Gasteiger partial charge is 0.480 e. The lowest BCUT2D eigenvalue weighted by Crippen LogP contribution is -2.42. The Balaban J connectivity index is 3.92. The third-order valence-corrected chi connectivity index (χ3v) is 1.66. The van der Waals surface area contributed by atoms with Crippen LogP contribution in [0.4, 0.5) is 0 Å². The van der Waals surface area contributed by atoms with Gasteiger partial charge in [-0.3, -0.25) is 4.79 Å². The molecule has 0 aliphatic heterocycles. The molecule has 0 saturated heterocycles. The van der Waals surface area contributed by atoms with E-state index < -0.39 is 12.0 Å². The molecule has 0 fully saturated rings. The summed E-state index contributed by atoms with van der Waals surface area (Å²) in [5.74, 6) is -0.980. The van der Waals surface area contributed by atoms with Gasteiger partial charge < -0.3 is 21.5 Å². The minimum absolute atomic E-state index is 0.00796. The first-order valence-electron chi connectivity index (χ1n) is 4.11. The Morgan fingerprint density at radius 1 is 1.77 bits per heavy atom. The minimum Gasteiger partial charge on any atom is -0.480 e. The average Bonchev–Trinajstić information content (AvgIpc) is 2.05. The second-order valence-electron chi connectivity index (χ2n) is 2.81. The summed E-state index contributed by atoms with van der Waals surface area (Å²) >= 11 is 0. The van der Waals surface area contributed by atoms with Gasteiger partial charge in [0.2, 0.25) is 0 Å². The smallest absolute Gasteiger partial charge is 0.320 e. The van der Waals surface area contributed by atoms with Gasteiger partial charge >= 0.3 is 5.97 Å². The van der Waals surface area contributed by atoms with E-state index in [0.29, 0.717) is 13.0 Å². The predicted octanol–water partition coefficient (Wildman–Crippen LogP) is -0.890. The van der Waals surface area contributed by atoms with Crippen LogP contribution in [0.5, 0.6) is 0 Å². The number of hydrogen-bond donors (Lipinski definition) is 4. The number of aliphatic carboxylic acids is 1. The van der Waals surface area contributed by atoms with E-state index in [2.05, 4.69) is 17.2 Å². The van der Waals surface area contributed by atoms with Gasteiger partial charge in [-0.1, -0.05) is 6.58 Å². The molecule has 0 radical (unpaired) electrons. The van der Waals surface area contributed by atoms with E-state index in [1.54, 1.807) is 7.05 Å². The number of carboxylic acid groups (broad SMARTS) is 1. The van der Waals surface area contributed by atoms with Crippen molar-refractivity contribution in [3.05, 3.63) is 12.8 Å². The maximum Gasteiger partial charge on any atom is 0.320 e. The topological polar surface area (TPSA) is 87.4 Å². The molecule has 0 aromatic heterocycles. The van der Waals surface area contributed by atoms with Crippen molar-refractivity contribution in [3.8, 4) is 0 Å². The fourth-order valence-corrected chi connectivity index (χ4v) is 1.03. The molecule has 0 aromatic carbocycles. The Labute approximate surface area is 78.0 Å². The molecule has 5 N–H and O–H groups in total. The highest BCUT2D eigenvalue weighted by molar-refractivity contribution is 5.73.